The summed E-state index contributed by atoms with van der Waals surface area (Å²) in [5.41, 5.74) is -2.71. The van der Waals surface area contributed by atoms with Crippen LogP contribution in [0.4, 0.5) is 0 Å². The molecule has 2 aromatic rings. The maximum absolute atomic E-state index is 11.3. The molecule has 1 saturated heterocycles. The van der Waals surface area contributed by atoms with Crippen molar-refractivity contribution in [3.63, 3.8) is 0 Å². The molecule has 1 aliphatic carbocycles. The Morgan fingerprint density at radius 1 is 1.11 bits per heavy atom. The van der Waals surface area contributed by atoms with Crippen LogP contribution in [0.2, 0.25) is 0 Å². The molecule has 3 atom stereocenters. The summed E-state index contributed by atoms with van der Waals surface area (Å²) in [6, 6.07) is 9.80. The van der Waals surface area contributed by atoms with Crippen molar-refractivity contribution in [2.75, 3.05) is 20.2 Å². The van der Waals surface area contributed by atoms with E-state index in [1.54, 1.807) is 13.3 Å². The highest BCUT2D eigenvalue weighted by molar-refractivity contribution is 5.88. The summed E-state index contributed by atoms with van der Waals surface area (Å²) in [5, 5.41) is 45.1. The van der Waals surface area contributed by atoms with Gasteiger partial charge in [-0.3, -0.25) is 19.5 Å². The van der Waals surface area contributed by atoms with Gasteiger partial charge in [0.05, 0.1) is 25.1 Å². The van der Waals surface area contributed by atoms with E-state index in [4.69, 9.17) is 29.6 Å². The van der Waals surface area contributed by atoms with Crippen molar-refractivity contribution in [3.05, 3.63) is 53.7 Å². The van der Waals surface area contributed by atoms with Crippen LogP contribution in [0.25, 0.3) is 0 Å². The highest BCUT2D eigenvalue weighted by atomic mass is 16.5. The summed E-state index contributed by atoms with van der Waals surface area (Å²) in [5.74, 6) is -2.42. The van der Waals surface area contributed by atoms with Crippen LogP contribution in [0, 0.1) is 11.8 Å². The molecule has 2 fully saturated rings. The first-order valence-electron chi connectivity index (χ1n) is 11.8. The first-order valence-corrected chi connectivity index (χ1v) is 11.8. The van der Waals surface area contributed by atoms with Crippen LogP contribution in [0.3, 0.4) is 0 Å². The lowest BCUT2D eigenvalue weighted by Crippen LogP contribution is -2.42. The number of aliphatic carboxylic acids is 3. The number of carboxylic acids is 3. The molecule has 0 bridgehead atoms. The van der Waals surface area contributed by atoms with Crippen LogP contribution in [0.15, 0.2) is 40.9 Å². The van der Waals surface area contributed by atoms with E-state index in [0.717, 1.165) is 49.7 Å². The lowest BCUT2D eigenvalue weighted by Gasteiger charge is -2.29. The Kier molecular flexibility index (Phi) is 9.02. The number of furan rings is 1. The number of nitrogens with zero attached hydrogens (tertiary/aromatic N) is 2. The number of carbonyl (C=O) groups is 3. The molecule has 0 unspecified atom stereocenters. The van der Waals surface area contributed by atoms with Crippen molar-refractivity contribution in [1.82, 2.24) is 9.88 Å². The molecule has 12 nitrogen and oxygen atoms in total. The minimum Gasteiger partial charge on any atom is -0.481 e. The number of likely N-dealkylation sites (tertiary alicyclic amines) is 1. The second-order valence-corrected chi connectivity index (χ2v) is 9.52. The van der Waals surface area contributed by atoms with Gasteiger partial charge in [-0.2, -0.15) is 0 Å². The molecule has 0 aromatic carbocycles. The molecule has 1 aliphatic heterocycles. The highest BCUT2D eigenvalue weighted by Gasteiger charge is 2.53. The van der Waals surface area contributed by atoms with E-state index in [-0.39, 0.29) is 5.92 Å². The zero-order chi connectivity index (χ0) is 27.2. The summed E-state index contributed by atoms with van der Waals surface area (Å²) in [6.45, 7) is 3.19. The van der Waals surface area contributed by atoms with Gasteiger partial charge in [-0.25, -0.2) is 4.79 Å². The summed E-state index contributed by atoms with van der Waals surface area (Å²) in [7, 11) is 1.67. The summed E-state index contributed by atoms with van der Waals surface area (Å²) in [4.78, 5) is 37.3. The lowest BCUT2D eigenvalue weighted by atomic mass is 9.85. The van der Waals surface area contributed by atoms with Crippen LogP contribution >= 0.6 is 0 Å². The molecule has 2 aliphatic rings. The minimum atomic E-state index is -2.74. The first kappa shape index (κ1) is 28.3. The van der Waals surface area contributed by atoms with Crippen LogP contribution in [0.1, 0.15) is 42.9 Å². The number of rotatable bonds is 10. The first-order chi connectivity index (χ1) is 17.5. The van der Waals surface area contributed by atoms with Gasteiger partial charge >= 0.3 is 17.9 Å². The van der Waals surface area contributed by atoms with Crippen molar-refractivity contribution >= 4 is 17.9 Å². The van der Waals surface area contributed by atoms with E-state index in [1.165, 1.54) is 0 Å². The van der Waals surface area contributed by atoms with Crippen LogP contribution in [0.5, 0.6) is 0 Å². The van der Waals surface area contributed by atoms with Crippen molar-refractivity contribution in [2.45, 2.75) is 50.0 Å². The molecular weight excluding hydrogens is 488 g/mol. The van der Waals surface area contributed by atoms with E-state index in [1.807, 2.05) is 30.3 Å². The fraction of sp³-hybridized carbons (Fsp3) is 0.520. The molecule has 5 N–H and O–H groups in total. The van der Waals surface area contributed by atoms with Crippen LogP contribution < -0.4 is 0 Å². The third-order valence-corrected chi connectivity index (χ3v) is 6.80. The number of hydrogen-bond acceptors (Lipinski definition) is 9. The Balaban J connectivity index is 0.000000251. The topological polar surface area (TPSA) is 191 Å². The van der Waals surface area contributed by atoms with Crippen molar-refractivity contribution in [3.8, 4) is 0 Å². The normalized spacial score (nSPS) is 23.2. The number of aliphatic hydroxyl groups is 2. The van der Waals surface area contributed by atoms with Crippen LogP contribution in [-0.2, 0) is 37.9 Å². The van der Waals surface area contributed by atoms with Crippen molar-refractivity contribution in [2.24, 2.45) is 11.8 Å². The molecule has 37 heavy (non-hydrogen) atoms. The van der Waals surface area contributed by atoms with Crippen molar-refractivity contribution in [1.29, 1.82) is 0 Å². The second kappa shape index (κ2) is 11.8. The molecule has 1 saturated carbocycles. The van der Waals surface area contributed by atoms with Gasteiger partial charge in [0.25, 0.3) is 0 Å². The van der Waals surface area contributed by atoms with Crippen molar-refractivity contribution < 1.29 is 49.1 Å². The minimum absolute atomic E-state index is 0.251. The standard InChI is InChI=1S/C19H24N2O3.C6H8O7/c1-23-13-16-6-5-15(24-16)11-21-10-14-7-8-19(22,17(14)12-21)18-4-2-3-9-20-18;7-3(8)1-6(13,5(11)12)2-4(9)10/h2-6,9,14,17,22H,7-8,10-13H2,1H3;13H,1-2H2,(H,7,8)(H,9,10)(H,11,12)/t14-,17+,19-;/m0./s1. The average molecular weight is 521 g/mol. The highest BCUT2D eigenvalue weighted by Crippen LogP contribution is 2.50. The van der Waals surface area contributed by atoms with E-state index in [9.17, 15) is 19.5 Å². The van der Waals surface area contributed by atoms with E-state index in [2.05, 4.69) is 9.88 Å². The monoisotopic (exact) mass is 520 g/mol. The Hall–Kier alpha value is -3.32. The van der Waals surface area contributed by atoms with Gasteiger partial charge < -0.3 is 34.7 Å². The van der Waals surface area contributed by atoms with E-state index in [0.29, 0.717) is 12.5 Å². The lowest BCUT2D eigenvalue weighted by molar-refractivity contribution is -0.170. The van der Waals surface area contributed by atoms with E-state index < -0.39 is 42.0 Å². The van der Waals surface area contributed by atoms with E-state index >= 15 is 0 Å². The van der Waals surface area contributed by atoms with Crippen LogP contribution in [-0.4, -0.2) is 79.1 Å². The predicted molar refractivity (Wildman–Crippen MR) is 126 cm³/mol. The number of aromatic nitrogens is 1. The SMILES string of the molecule is COCc1ccc(CN2C[C@@H]3CC[C@@](O)(c4ccccn4)[C@@H]3C2)o1.O=C(O)CC(O)(CC(=O)O)C(=O)O. The fourth-order valence-corrected chi connectivity index (χ4v) is 5.11. The van der Waals surface area contributed by atoms with Gasteiger partial charge in [-0.05, 0) is 43.0 Å². The maximum atomic E-state index is 11.3. The Morgan fingerprint density at radius 3 is 2.35 bits per heavy atom. The van der Waals surface area contributed by atoms with Gasteiger partial charge in [0.2, 0.25) is 0 Å². The predicted octanol–water partition coefficient (Wildman–Crippen LogP) is 1.30. The number of pyridine rings is 1. The molecule has 3 heterocycles. The maximum Gasteiger partial charge on any atom is 0.336 e. The summed E-state index contributed by atoms with van der Waals surface area (Å²) < 4.78 is 10.9. The molecule has 12 heteroatoms. The number of ether oxygens (including phenoxy) is 1. The number of hydrogen-bond donors (Lipinski definition) is 5. The molecular formula is C25H32N2O10. The molecule has 4 rings (SSSR count). The zero-order valence-electron chi connectivity index (χ0n) is 20.4. The smallest absolute Gasteiger partial charge is 0.336 e. The summed E-state index contributed by atoms with van der Waals surface area (Å²) >= 11 is 0. The molecule has 202 valence electrons. The fourth-order valence-electron chi connectivity index (χ4n) is 5.11. The molecule has 0 amide bonds. The Bertz CT molecular complexity index is 1070. The number of fused-ring (bicyclic) bond motifs is 1. The summed E-state index contributed by atoms with van der Waals surface area (Å²) in [6.07, 6.45) is 1.35. The third-order valence-electron chi connectivity index (χ3n) is 6.80. The molecule has 0 radical (unpaired) electrons. The third kappa shape index (κ3) is 6.92. The Labute approximate surface area is 213 Å². The largest absolute Gasteiger partial charge is 0.481 e. The van der Waals surface area contributed by atoms with Gasteiger partial charge in [0.1, 0.15) is 23.7 Å². The van der Waals surface area contributed by atoms with Gasteiger partial charge in [-0.1, -0.05) is 6.07 Å². The van der Waals surface area contributed by atoms with Gasteiger partial charge in [0.15, 0.2) is 5.60 Å². The molecule has 2 aromatic heterocycles. The quantitative estimate of drug-likeness (QED) is 0.302. The number of carboxylic acid groups (broad SMARTS) is 3. The molecule has 0 spiro atoms. The van der Waals surface area contributed by atoms with Gasteiger partial charge in [-0.15, -0.1) is 0 Å². The zero-order valence-corrected chi connectivity index (χ0v) is 20.4. The van der Waals surface area contributed by atoms with Gasteiger partial charge in [0, 0.05) is 32.3 Å². The Morgan fingerprint density at radius 2 is 1.78 bits per heavy atom. The number of methoxy groups -OCH3 is 1. The second-order valence-electron chi connectivity index (χ2n) is 9.52. The average Bonchev–Trinajstić information content (AvgIpc) is 3.52.